The highest BCUT2D eigenvalue weighted by Crippen LogP contribution is 2.28. The molecule has 0 aromatic heterocycles. The summed E-state index contributed by atoms with van der Waals surface area (Å²) in [7, 11) is 1.42. The van der Waals surface area contributed by atoms with Gasteiger partial charge in [-0.3, -0.25) is 14.4 Å². The summed E-state index contributed by atoms with van der Waals surface area (Å²) in [5.41, 5.74) is 1.17. The zero-order chi connectivity index (χ0) is 25.2. The Hall–Kier alpha value is -4.59. The van der Waals surface area contributed by atoms with E-state index in [0.29, 0.717) is 11.1 Å². The van der Waals surface area contributed by atoms with E-state index < -0.39 is 17.7 Å². The van der Waals surface area contributed by atoms with E-state index in [9.17, 15) is 24.6 Å². The minimum Gasteiger partial charge on any atom is -0.504 e. The molecule has 0 saturated heterocycles. The maximum Gasteiger partial charge on any atom is 0.214 e. The van der Waals surface area contributed by atoms with E-state index in [2.05, 4.69) is 0 Å². The average Bonchev–Trinajstić information content (AvgIpc) is 2.87. The summed E-state index contributed by atoms with van der Waals surface area (Å²) in [5, 5.41) is 19.6. The molecular formula is C27H24O8. The molecule has 3 rings (SSSR count). The molecule has 1 aliphatic heterocycles. The van der Waals surface area contributed by atoms with Crippen molar-refractivity contribution < 1.29 is 38.8 Å². The van der Waals surface area contributed by atoms with Crippen molar-refractivity contribution in [3.8, 4) is 23.0 Å². The minimum absolute atomic E-state index is 0.0153. The number of allylic oxidation sites excluding steroid dienone is 4. The fourth-order valence-electron chi connectivity index (χ4n) is 3.02. The molecule has 0 amide bonds. The Labute approximate surface area is 202 Å². The Balaban J connectivity index is 1.54. The summed E-state index contributed by atoms with van der Waals surface area (Å²) >= 11 is 0. The van der Waals surface area contributed by atoms with Crippen LogP contribution < -0.4 is 9.47 Å². The van der Waals surface area contributed by atoms with Gasteiger partial charge in [-0.2, -0.15) is 0 Å². The zero-order valence-corrected chi connectivity index (χ0v) is 18.9. The van der Waals surface area contributed by atoms with Gasteiger partial charge in [0.15, 0.2) is 47.3 Å². The molecular weight excluding hydrogens is 452 g/mol. The maximum atomic E-state index is 12.2. The number of carbonyl (C=O) groups is 3. The first-order chi connectivity index (χ1) is 16.9. The van der Waals surface area contributed by atoms with Crippen LogP contribution in [0.5, 0.6) is 23.0 Å². The van der Waals surface area contributed by atoms with Gasteiger partial charge in [0, 0.05) is 0 Å². The molecule has 2 N–H and O–H groups in total. The number of phenols is 2. The number of Topliss-reactive ketones (excluding diaryl/α,β-unsaturated/α-hetero) is 1. The van der Waals surface area contributed by atoms with Gasteiger partial charge in [0.25, 0.3) is 0 Å². The molecule has 0 radical (unpaired) electrons. The lowest BCUT2D eigenvalue weighted by molar-refractivity contribution is -0.127. The summed E-state index contributed by atoms with van der Waals surface area (Å²) in [6.07, 6.45) is 10.8. The number of benzene rings is 2. The van der Waals surface area contributed by atoms with Crippen LogP contribution in [0.2, 0.25) is 0 Å². The Morgan fingerprint density at radius 2 is 1.51 bits per heavy atom. The number of ketones is 3. The molecule has 8 heteroatoms. The molecule has 2 aromatic rings. The lowest BCUT2D eigenvalue weighted by Crippen LogP contribution is -2.26. The van der Waals surface area contributed by atoms with E-state index in [0.717, 1.165) is 0 Å². The van der Waals surface area contributed by atoms with Crippen molar-refractivity contribution >= 4 is 29.5 Å². The first-order valence-electron chi connectivity index (χ1n) is 10.6. The molecule has 1 heterocycles. The Morgan fingerprint density at radius 3 is 2.09 bits per heavy atom. The number of rotatable bonds is 11. The summed E-state index contributed by atoms with van der Waals surface area (Å²) in [4.78, 5) is 36.4. The first-order valence-corrected chi connectivity index (χ1v) is 10.6. The van der Waals surface area contributed by atoms with Gasteiger partial charge < -0.3 is 24.4 Å². The van der Waals surface area contributed by atoms with Crippen LogP contribution >= 0.6 is 0 Å². The summed E-state index contributed by atoms with van der Waals surface area (Å²) in [6, 6.07) is 9.03. The highest BCUT2D eigenvalue weighted by Gasteiger charge is 2.18. The maximum absolute atomic E-state index is 12.2. The second kappa shape index (κ2) is 12.0. The molecule has 1 atom stereocenters. The normalized spacial score (nSPS) is 14.7. The third-order valence-corrected chi connectivity index (χ3v) is 4.85. The highest BCUT2D eigenvalue weighted by molar-refractivity contribution is 6.10. The summed E-state index contributed by atoms with van der Waals surface area (Å²) in [6.45, 7) is -0.309. The van der Waals surface area contributed by atoms with E-state index in [1.54, 1.807) is 36.4 Å². The van der Waals surface area contributed by atoms with Gasteiger partial charge in [0.05, 0.1) is 19.8 Å². The highest BCUT2D eigenvalue weighted by atomic mass is 16.5. The fraction of sp³-hybridized carbons (Fsp3) is 0.148. The van der Waals surface area contributed by atoms with Crippen molar-refractivity contribution in [2.75, 3.05) is 13.7 Å². The van der Waals surface area contributed by atoms with Gasteiger partial charge in [-0.1, -0.05) is 30.4 Å². The number of carbonyl (C=O) groups excluding carboxylic acids is 3. The fourth-order valence-corrected chi connectivity index (χ4v) is 3.02. The van der Waals surface area contributed by atoms with Crippen molar-refractivity contribution in [2.24, 2.45) is 0 Å². The van der Waals surface area contributed by atoms with E-state index in [-0.39, 0.29) is 41.8 Å². The molecule has 0 bridgehead atoms. The predicted molar refractivity (Wildman–Crippen MR) is 129 cm³/mol. The number of hydrogen-bond donors (Lipinski definition) is 2. The van der Waals surface area contributed by atoms with Crippen LogP contribution in [0.25, 0.3) is 12.2 Å². The first kappa shape index (κ1) is 25.0. The largest absolute Gasteiger partial charge is 0.504 e. The monoisotopic (exact) mass is 476 g/mol. The molecule has 8 nitrogen and oxygen atoms in total. The number of phenolic OH excluding ortho intramolecular Hbond substituents is 2. The minimum atomic E-state index is -0.745. The molecule has 0 spiro atoms. The van der Waals surface area contributed by atoms with Crippen LogP contribution in [0, 0.1) is 0 Å². The standard InChI is InChI=1S/C27H24O8/c1-33-26-14-18(7-11-22(26)30)5-9-20(28)16-21(29)10-6-19-8-12-23(31)27(15-19)35-17-24(32)25-4-2-3-13-34-25/h2-15,25,30-31H,16-17H2,1H3/b9-5+,10-6+. The Bertz CT molecular complexity index is 1220. The van der Waals surface area contributed by atoms with Gasteiger partial charge >= 0.3 is 0 Å². The van der Waals surface area contributed by atoms with Crippen molar-refractivity contribution in [2.45, 2.75) is 12.5 Å². The number of ether oxygens (including phenoxy) is 3. The van der Waals surface area contributed by atoms with Crippen LogP contribution in [0.1, 0.15) is 17.5 Å². The molecule has 0 aliphatic carbocycles. The van der Waals surface area contributed by atoms with Gasteiger partial charge in [-0.05, 0) is 59.7 Å². The third-order valence-electron chi connectivity index (χ3n) is 4.85. The summed E-state index contributed by atoms with van der Waals surface area (Å²) < 4.78 is 15.6. The van der Waals surface area contributed by atoms with E-state index in [1.807, 2.05) is 0 Å². The molecule has 2 aromatic carbocycles. The zero-order valence-electron chi connectivity index (χ0n) is 18.9. The van der Waals surface area contributed by atoms with Crippen molar-refractivity contribution in [1.29, 1.82) is 0 Å². The van der Waals surface area contributed by atoms with E-state index in [1.165, 1.54) is 55.9 Å². The van der Waals surface area contributed by atoms with Gasteiger partial charge in [-0.25, -0.2) is 0 Å². The van der Waals surface area contributed by atoms with Crippen LogP contribution in [-0.2, 0) is 19.1 Å². The number of hydrogen-bond acceptors (Lipinski definition) is 8. The molecule has 1 unspecified atom stereocenters. The molecule has 1 aliphatic rings. The van der Waals surface area contributed by atoms with Crippen LogP contribution in [0.4, 0.5) is 0 Å². The third kappa shape index (κ3) is 7.46. The summed E-state index contributed by atoms with van der Waals surface area (Å²) in [5.74, 6) is -0.954. The smallest absolute Gasteiger partial charge is 0.214 e. The second-order valence-electron chi connectivity index (χ2n) is 7.46. The topological polar surface area (TPSA) is 119 Å². The number of methoxy groups -OCH3 is 1. The van der Waals surface area contributed by atoms with E-state index in [4.69, 9.17) is 14.2 Å². The lowest BCUT2D eigenvalue weighted by atomic mass is 10.1. The van der Waals surface area contributed by atoms with E-state index >= 15 is 0 Å². The van der Waals surface area contributed by atoms with Crippen molar-refractivity contribution in [3.05, 3.63) is 84.2 Å². The van der Waals surface area contributed by atoms with Crippen LogP contribution in [0.15, 0.2) is 73.0 Å². The molecule has 0 saturated carbocycles. The molecule has 0 fully saturated rings. The van der Waals surface area contributed by atoms with Gasteiger partial charge in [0.1, 0.15) is 0 Å². The Morgan fingerprint density at radius 1 is 0.914 bits per heavy atom. The predicted octanol–water partition coefficient (Wildman–Crippen LogP) is 3.78. The van der Waals surface area contributed by atoms with Crippen molar-refractivity contribution in [3.63, 3.8) is 0 Å². The molecule has 35 heavy (non-hydrogen) atoms. The molecule has 180 valence electrons. The van der Waals surface area contributed by atoms with Crippen LogP contribution in [-0.4, -0.2) is 47.4 Å². The number of aromatic hydroxyl groups is 2. The van der Waals surface area contributed by atoms with Crippen LogP contribution in [0.3, 0.4) is 0 Å². The SMILES string of the molecule is COc1cc(/C=C/C(=O)CC(=O)/C=C/c2ccc(O)c(OCC(=O)C3C=CC=CO3)c2)ccc1O. The second-order valence-corrected chi connectivity index (χ2v) is 7.46. The van der Waals surface area contributed by atoms with Gasteiger partial charge in [0.2, 0.25) is 5.78 Å². The van der Waals surface area contributed by atoms with Gasteiger partial charge in [-0.15, -0.1) is 0 Å². The Kier molecular flexibility index (Phi) is 8.61. The average molecular weight is 476 g/mol. The quantitative estimate of drug-likeness (QED) is 0.372. The van der Waals surface area contributed by atoms with Crippen molar-refractivity contribution in [1.82, 2.24) is 0 Å². The lowest BCUT2D eigenvalue weighted by Gasteiger charge is -2.14.